The summed E-state index contributed by atoms with van der Waals surface area (Å²) in [5, 5.41) is 7.18. The van der Waals surface area contributed by atoms with Crippen LogP contribution < -0.4 is 14.8 Å². The summed E-state index contributed by atoms with van der Waals surface area (Å²) in [4.78, 5) is 13.4. The Morgan fingerprint density at radius 3 is 2.93 bits per heavy atom. The third-order valence-electron chi connectivity index (χ3n) is 3.94. The predicted octanol–water partition coefficient (Wildman–Crippen LogP) is 5.42. The quantitative estimate of drug-likeness (QED) is 0.447. The maximum Gasteiger partial charge on any atom is 0.248 e. The van der Waals surface area contributed by atoms with E-state index in [2.05, 4.69) is 22.1 Å². The van der Waals surface area contributed by atoms with Crippen molar-refractivity contribution in [2.24, 2.45) is 0 Å². The maximum atomic E-state index is 12.3. The van der Waals surface area contributed by atoms with Crippen LogP contribution in [0.5, 0.6) is 11.5 Å². The molecule has 6 heteroatoms. The summed E-state index contributed by atoms with van der Waals surface area (Å²) < 4.78 is 10.6. The van der Waals surface area contributed by atoms with Gasteiger partial charge in [-0.3, -0.25) is 4.79 Å². The van der Waals surface area contributed by atoms with Crippen LogP contribution in [-0.2, 0) is 10.5 Å². The summed E-state index contributed by atoms with van der Waals surface area (Å²) in [6, 6.07) is 15.6. The van der Waals surface area contributed by atoms with Crippen LogP contribution in [0.25, 0.3) is 6.08 Å². The highest BCUT2D eigenvalue weighted by molar-refractivity contribution is 7.98. The maximum absolute atomic E-state index is 12.3. The van der Waals surface area contributed by atoms with Crippen molar-refractivity contribution in [3.63, 3.8) is 0 Å². The van der Waals surface area contributed by atoms with Crippen LogP contribution in [0.4, 0.5) is 5.69 Å². The lowest BCUT2D eigenvalue weighted by Crippen LogP contribution is -2.08. The number of para-hydroxylation sites is 1. The number of ether oxygens (including phenoxy) is 2. The van der Waals surface area contributed by atoms with E-state index in [1.807, 2.05) is 42.5 Å². The molecular formula is C21H17NO3S2. The van der Waals surface area contributed by atoms with Gasteiger partial charge in [0.2, 0.25) is 12.7 Å². The largest absolute Gasteiger partial charge is 0.454 e. The molecule has 0 unspecified atom stereocenters. The third-order valence-corrected chi connectivity index (χ3v) is 5.82. The minimum absolute atomic E-state index is 0.170. The van der Waals surface area contributed by atoms with E-state index in [9.17, 15) is 4.79 Å². The van der Waals surface area contributed by atoms with Crippen molar-refractivity contribution in [3.8, 4) is 11.5 Å². The molecule has 0 fully saturated rings. The highest BCUT2D eigenvalue weighted by Gasteiger charge is 2.12. The number of carbonyl (C=O) groups is 1. The first-order valence-corrected chi connectivity index (χ1v) is 10.3. The second-order valence-electron chi connectivity index (χ2n) is 5.85. The highest BCUT2D eigenvalue weighted by atomic mass is 32.2. The first kappa shape index (κ1) is 17.7. The smallest absolute Gasteiger partial charge is 0.248 e. The van der Waals surface area contributed by atoms with Gasteiger partial charge in [-0.2, -0.15) is 11.3 Å². The Bertz CT molecular complexity index is 967. The van der Waals surface area contributed by atoms with Crippen molar-refractivity contribution < 1.29 is 14.3 Å². The lowest BCUT2D eigenvalue weighted by atomic mass is 10.2. The van der Waals surface area contributed by atoms with Gasteiger partial charge in [-0.1, -0.05) is 18.2 Å². The van der Waals surface area contributed by atoms with E-state index in [0.717, 1.165) is 27.6 Å². The Kier molecular flexibility index (Phi) is 5.46. The molecule has 0 bridgehead atoms. The molecule has 1 aromatic heterocycles. The normalized spacial score (nSPS) is 12.4. The molecule has 2 heterocycles. The van der Waals surface area contributed by atoms with Gasteiger partial charge in [0.15, 0.2) is 11.5 Å². The summed E-state index contributed by atoms with van der Waals surface area (Å²) in [6.07, 6.45) is 3.29. The number of carbonyl (C=O) groups excluding carboxylic acids is 1. The second-order valence-corrected chi connectivity index (χ2v) is 7.65. The minimum atomic E-state index is -0.170. The number of hydrogen-bond acceptors (Lipinski definition) is 5. The predicted molar refractivity (Wildman–Crippen MR) is 111 cm³/mol. The van der Waals surface area contributed by atoms with E-state index in [1.54, 1.807) is 29.2 Å². The summed E-state index contributed by atoms with van der Waals surface area (Å²) >= 11 is 3.40. The van der Waals surface area contributed by atoms with Crippen LogP contribution in [0.3, 0.4) is 0 Å². The number of hydrogen-bond donors (Lipinski definition) is 1. The molecule has 0 spiro atoms. The van der Waals surface area contributed by atoms with E-state index in [1.165, 1.54) is 11.6 Å². The average Bonchev–Trinajstić information content (AvgIpc) is 3.37. The fourth-order valence-electron chi connectivity index (χ4n) is 2.59. The van der Waals surface area contributed by atoms with Crippen LogP contribution >= 0.6 is 23.1 Å². The van der Waals surface area contributed by atoms with Gasteiger partial charge in [0.1, 0.15) is 0 Å². The standard InChI is InChI=1S/C21H17NO3S2/c23-21(8-6-15-5-7-18-19(11-15)25-14-24-18)22-17-3-1-2-4-20(17)27-13-16-9-10-26-12-16/h1-12H,13-14H2,(H,22,23). The number of thioether (sulfide) groups is 1. The molecule has 2 aromatic carbocycles. The zero-order chi connectivity index (χ0) is 18.5. The number of thiophene rings is 1. The van der Waals surface area contributed by atoms with E-state index in [0.29, 0.717) is 5.75 Å². The molecule has 1 N–H and O–H groups in total. The Balaban J connectivity index is 1.40. The van der Waals surface area contributed by atoms with Crippen LogP contribution in [0.1, 0.15) is 11.1 Å². The molecule has 1 amide bonds. The summed E-state index contributed by atoms with van der Waals surface area (Å²) in [7, 11) is 0. The fraction of sp³-hybridized carbons (Fsp3) is 0.0952. The number of amides is 1. The van der Waals surface area contributed by atoms with Crippen molar-refractivity contribution in [2.45, 2.75) is 10.6 Å². The van der Waals surface area contributed by atoms with Gasteiger partial charge in [0.05, 0.1) is 5.69 Å². The van der Waals surface area contributed by atoms with E-state index in [4.69, 9.17) is 9.47 Å². The fourth-order valence-corrected chi connectivity index (χ4v) is 4.32. The van der Waals surface area contributed by atoms with Crippen molar-refractivity contribution in [3.05, 3.63) is 76.5 Å². The number of rotatable bonds is 6. The molecule has 136 valence electrons. The van der Waals surface area contributed by atoms with Crippen LogP contribution in [-0.4, -0.2) is 12.7 Å². The van der Waals surface area contributed by atoms with Gasteiger partial charge in [0.25, 0.3) is 0 Å². The van der Waals surface area contributed by atoms with Crippen LogP contribution in [0.2, 0.25) is 0 Å². The van der Waals surface area contributed by atoms with Gasteiger partial charge < -0.3 is 14.8 Å². The highest BCUT2D eigenvalue weighted by Crippen LogP contribution is 2.33. The summed E-state index contributed by atoms with van der Waals surface area (Å²) in [6.45, 7) is 0.239. The topological polar surface area (TPSA) is 47.6 Å². The third kappa shape index (κ3) is 4.53. The van der Waals surface area contributed by atoms with Crippen molar-refractivity contribution in [2.75, 3.05) is 12.1 Å². The molecule has 0 saturated carbocycles. The molecule has 4 rings (SSSR count). The Labute approximate surface area is 165 Å². The van der Waals surface area contributed by atoms with Crippen LogP contribution in [0.15, 0.2) is 70.3 Å². The molecule has 0 radical (unpaired) electrons. The Hall–Kier alpha value is -2.70. The first-order chi connectivity index (χ1) is 13.3. The van der Waals surface area contributed by atoms with E-state index in [-0.39, 0.29) is 12.7 Å². The second kappa shape index (κ2) is 8.33. The number of anilines is 1. The molecule has 1 aliphatic rings. The molecule has 27 heavy (non-hydrogen) atoms. The SMILES string of the molecule is O=C(C=Cc1ccc2c(c1)OCO2)Nc1ccccc1SCc1ccsc1. The number of nitrogens with one attached hydrogen (secondary N) is 1. The lowest BCUT2D eigenvalue weighted by molar-refractivity contribution is -0.111. The van der Waals surface area contributed by atoms with Crippen molar-refractivity contribution in [1.82, 2.24) is 0 Å². The monoisotopic (exact) mass is 395 g/mol. The van der Waals surface area contributed by atoms with E-state index >= 15 is 0 Å². The van der Waals surface area contributed by atoms with Gasteiger partial charge in [-0.15, -0.1) is 11.8 Å². The molecule has 0 saturated heterocycles. The van der Waals surface area contributed by atoms with Gasteiger partial charge in [-0.05, 0) is 58.3 Å². The average molecular weight is 396 g/mol. The minimum Gasteiger partial charge on any atom is -0.454 e. The van der Waals surface area contributed by atoms with Gasteiger partial charge in [-0.25, -0.2) is 0 Å². The zero-order valence-electron chi connectivity index (χ0n) is 14.4. The molecule has 1 aliphatic heterocycles. The Morgan fingerprint density at radius 2 is 2.04 bits per heavy atom. The molecule has 3 aromatic rings. The number of fused-ring (bicyclic) bond motifs is 1. The Morgan fingerprint density at radius 1 is 1.15 bits per heavy atom. The molecule has 0 atom stereocenters. The molecule has 0 aliphatic carbocycles. The lowest BCUT2D eigenvalue weighted by Gasteiger charge is -2.09. The first-order valence-electron chi connectivity index (χ1n) is 8.39. The van der Waals surface area contributed by atoms with E-state index < -0.39 is 0 Å². The number of benzene rings is 2. The molecule has 4 nitrogen and oxygen atoms in total. The van der Waals surface area contributed by atoms with Crippen molar-refractivity contribution >= 4 is 40.8 Å². The van der Waals surface area contributed by atoms with Crippen LogP contribution in [0, 0.1) is 0 Å². The molecular weight excluding hydrogens is 378 g/mol. The van der Waals surface area contributed by atoms with Gasteiger partial charge in [0, 0.05) is 16.7 Å². The van der Waals surface area contributed by atoms with Crippen molar-refractivity contribution in [1.29, 1.82) is 0 Å². The summed E-state index contributed by atoms with van der Waals surface area (Å²) in [5.41, 5.74) is 2.99. The van der Waals surface area contributed by atoms with Gasteiger partial charge >= 0.3 is 0 Å². The summed E-state index contributed by atoms with van der Waals surface area (Å²) in [5.74, 6) is 2.14. The zero-order valence-corrected chi connectivity index (χ0v) is 16.0.